The SMILES string of the molecule is COC(=O)C(CC(=O)OC(C)(C)C)C/C(C)=C/Cc1c(O)c2c(c(C)c1OC)COC2=O. The maximum atomic E-state index is 12.2. The highest BCUT2D eigenvalue weighted by Crippen LogP contribution is 2.42. The van der Waals surface area contributed by atoms with Crippen LogP contribution in [0.15, 0.2) is 11.6 Å². The number of ether oxygens (including phenoxy) is 4. The molecule has 0 saturated heterocycles. The molecule has 1 N–H and O–H groups in total. The molecule has 1 aromatic rings. The minimum atomic E-state index is -0.696. The average molecular weight is 449 g/mol. The second-order valence-corrected chi connectivity index (χ2v) is 8.88. The van der Waals surface area contributed by atoms with Crippen molar-refractivity contribution >= 4 is 17.9 Å². The molecule has 0 bridgehead atoms. The fourth-order valence-electron chi connectivity index (χ4n) is 3.77. The molecule has 8 heteroatoms. The van der Waals surface area contributed by atoms with E-state index in [-0.39, 0.29) is 37.2 Å². The smallest absolute Gasteiger partial charge is 0.342 e. The third-order valence-corrected chi connectivity index (χ3v) is 5.24. The molecule has 1 aliphatic heterocycles. The molecule has 8 nitrogen and oxygen atoms in total. The maximum Gasteiger partial charge on any atom is 0.342 e. The lowest BCUT2D eigenvalue weighted by Crippen LogP contribution is -2.28. The van der Waals surface area contributed by atoms with Crippen LogP contribution in [0.5, 0.6) is 11.5 Å². The van der Waals surface area contributed by atoms with E-state index in [2.05, 4.69) is 0 Å². The molecule has 1 atom stereocenters. The Kier molecular flexibility index (Phi) is 7.93. The van der Waals surface area contributed by atoms with Crippen molar-refractivity contribution in [1.29, 1.82) is 0 Å². The Labute approximate surface area is 188 Å². The standard InChI is InChI=1S/C24H32O8/c1-13(10-15(22(27)30-7)11-18(25)32-24(3,4)5)8-9-16-20(26)19-17(12-31-23(19)28)14(2)21(16)29-6/h8,15,26H,9-12H2,1-7H3/b13-8+. The van der Waals surface area contributed by atoms with Crippen molar-refractivity contribution in [1.82, 2.24) is 0 Å². The number of allylic oxidation sites excluding steroid dienone is 2. The molecule has 0 spiro atoms. The normalized spacial score (nSPS) is 14.5. The minimum absolute atomic E-state index is 0.102. The first-order chi connectivity index (χ1) is 14.9. The second kappa shape index (κ2) is 10.1. The number of hydrogen-bond acceptors (Lipinski definition) is 8. The third kappa shape index (κ3) is 5.81. The summed E-state index contributed by atoms with van der Waals surface area (Å²) >= 11 is 0. The highest BCUT2D eigenvalue weighted by molar-refractivity contribution is 5.98. The van der Waals surface area contributed by atoms with Crippen LogP contribution in [0.25, 0.3) is 0 Å². The molecule has 176 valence electrons. The minimum Gasteiger partial charge on any atom is -0.507 e. The van der Waals surface area contributed by atoms with Gasteiger partial charge in [-0.15, -0.1) is 0 Å². The quantitative estimate of drug-likeness (QED) is 0.364. The van der Waals surface area contributed by atoms with Gasteiger partial charge in [0.25, 0.3) is 0 Å². The van der Waals surface area contributed by atoms with Crippen LogP contribution in [0.3, 0.4) is 0 Å². The molecule has 1 aromatic carbocycles. The Hall–Kier alpha value is -3.03. The summed E-state index contributed by atoms with van der Waals surface area (Å²) in [5.74, 6) is -1.91. The Balaban J connectivity index is 2.24. The van der Waals surface area contributed by atoms with E-state index in [9.17, 15) is 19.5 Å². The van der Waals surface area contributed by atoms with Crippen LogP contribution >= 0.6 is 0 Å². The first-order valence-electron chi connectivity index (χ1n) is 10.4. The van der Waals surface area contributed by atoms with E-state index in [1.807, 2.05) is 19.9 Å². The summed E-state index contributed by atoms with van der Waals surface area (Å²) < 4.78 is 20.7. The van der Waals surface area contributed by atoms with E-state index in [1.165, 1.54) is 14.2 Å². The summed E-state index contributed by atoms with van der Waals surface area (Å²) in [7, 11) is 2.78. The lowest BCUT2D eigenvalue weighted by molar-refractivity contribution is -0.160. The lowest BCUT2D eigenvalue weighted by atomic mass is 9.93. The van der Waals surface area contributed by atoms with Gasteiger partial charge >= 0.3 is 17.9 Å². The molecule has 0 saturated carbocycles. The van der Waals surface area contributed by atoms with Gasteiger partial charge in [0.05, 0.1) is 26.6 Å². The van der Waals surface area contributed by atoms with Crippen molar-refractivity contribution in [2.45, 2.75) is 66.1 Å². The van der Waals surface area contributed by atoms with Crippen molar-refractivity contribution in [2.75, 3.05) is 14.2 Å². The fraction of sp³-hybridized carbons (Fsp3) is 0.542. The third-order valence-electron chi connectivity index (χ3n) is 5.24. The van der Waals surface area contributed by atoms with Crippen molar-refractivity contribution in [3.05, 3.63) is 33.9 Å². The molecule has 1 unspecified atom stereocenters. The van der Waals surface area contributed by atoms with Crippen molar-refractivity contribution < 1.29 is 38.4 Å². The fourth-order valence-corrected chi connectivity index (χ4v) is 3.77. The van der Waals surface area contributed by atoms with E-state index in [0.29, 0.717) is 16.9 Å². The number of carbonyl (C=O) groups excluding carboxylic acids is 3. The Morgan fingerprint density at radius 2 is 1.88 bits per heavy atom. The summed E-state index contributed by atoms with van der Waals surface area (Å²) in [5.41, 5.74) is 2.15. The monoisotopic (exact) mass is 448 g/mol. The number of phenols is 1. The van der Waals surface area contributed by atoms with E-state index >= 15 is 0 Å². The number of methoxy groups -OCH3 is 2. The van der Waals surface area contributed by atoms with Gasteiger partial charge in [0.1, 0.15) is 29.3 Å². The zero-order valence-electron chi connectivity index (χ0n) is 19.8. The highest BCUT2D eigenvalue weighted by Gasteiger charge is 2.32. The van der Waals surface area contributed by atoms with Crippen molar-refractivity contribution in [2.24, 2.45) is 5.92 Å². The number of fused-ring (bicyclic) bond motifs is 1. The maximum absolute atomic E-state index is 12.2. The summed E-state index contributed by atoms with van der Waals surface area (Å²) in [6.45, 7) is 9.02. The van der Waals surface area contributed by atoms with Gasteiger partial charge in [0.15, 0.2) is 0 Å². The second-order valence-electron chi connectivity index (χ2n) is 8.88. The topological polar surface area (TPSA) is 108 Å². The van der Waals surface area contributed by atoms with Crippen LogP contribution in [0.1, 0.15) is 67.6 Å². The van der Waals surface area contributed by atoms with E-state index < -0.39 is 29.4 Å². The van der Waals surface area contributed by atoms with E-state index in [0.717, 1.165) is 11.1 Å². The van der Waals surface area contributed by atoms with Gasteiger partial charge in [0, 0.05) is 11.1 Å². The molecule has 2 rings (SSSR count). The van der Waals surface area contributed by atoms with Crippen LogP contribution in [0.2, 0.25) is 0 Å². The molecular weight excluding hydrogens is 416 g/mol. The Morgan fingerprint density at radius 1 is 1.22 bits per heavy atom. The Bertz CT molecular complexity index is 937. The molecule has 0 aromatic heterocycles. The molecule has 0 aliphatic carbocycles. The molecule has 0 fully saturated rings. The predicted octanol–water partition coefficient (Wildman–Crippen LogP) is 3.78. The number of esters is 3. The van der Waals surface area contributed by atoms with E-state index in [1.54, 1.807) is 20.8 Å². The molecule has 1 heterocycles. The predicted molar refractivity (Wildman–Crippen MR) is 117 cm³/mol. The summed E-state index contributed by atoms with van der Waals surface area (Å²) in [6.07, 6.45) is 2.27. The molecular formula is C24H32O8. The van der Waals surface area contributed by atoms with Crippen LogP contribution in [0, 0.1) is 12.8 Å². The summed E-state index contributed by atoms with van der Waals surface area (Å²) in [5, 5.41) is 10.7. The van der Waals surface area contributed by atoms with Gasteiger partial charge in [-0.3, -0.25) is 9.59 Å². The van der Waals surface area contributed by atoms with Crippen LogP contribution in [-0.2, 0) is 36.8 Å². The summed E-state index contributed by atoms with van der Waals surface area (Å²) in [6, 6.07) is 0. The first-order valence-corrected chi connectivity index (χ1v) is 10.4. The highest BCUT2D eigenvalue weighted by atomic mass is 16.6. The van der Waals surface area contributed by atoms with Gasteiger partial charge in [-0.2, -0.15) is 0 Å². The molecule has 0 radical (unpaired) electrons. The Morgan fingerprint density at radius 3 is 2.44 bits per heavy atom. The number of cyclic esters (lactones) is 1. The number of hydrogen-bond donors (Lipinski definition) is 1. The molecule has 32 heavy (non-hydrogen) atoms. The summed E-state index contributed by atoms with van der Waals surface area (Å²) in [4.78, 5) is 36.5. The van der Waals surface area contributed by atoms with Gasteiger partial charge < -0.3 is 24.1 Å². The zero-order valence-corrected chi connectivity index (χ0v) is 19.8. The average Bonchev–Trinajstić information content (AvgIpc) is 3.09. The largest absolute Gasteiger partial charge is 0.507 e. The van der Waals surface area contributed by atoms with Crippen molar-refractivity contribution in [3.63, 3.8) is 0 Å². The number of carbonyl (C=O) groups is 3. The first kappa shape index (κ1) is 25.2. The zero-order chi connectivity index (χ0) is 24.2. The number of rotatable bonds is 8. The van der Waals surface area contributed by atoms with E-state index in [4.69, 9.17) is 18.9 Å². The molecule has 1 aliphatic rings. The van der Waals surface area contributed by atoms with Crippen LogP contribution < -0.4 is 4.74 Å². The lowest BCUT2D eigenvalue weighted by Gasteiger charge is -2.21. The van der Waals surface area contributed by atoms with Gasteiger partial charge in [0.2, 0.25) is 0 Å². The molecule has 0 amide bonds. The number of aromatic hydroxyl groups is 1. The van der Waals surface area contributed by atoms with Crippen LogP contribution in [-0.4, -0.2) is 42.8 Å². The van der Waals surface area contributed by atoms with Crippen molar-refractivity contribution in [3.8, 4) is 11.5 Å². The number of benzene rings is 1. The van der Waals surface area contributed by atoms with Gasteiger partial charge in [-0.1, -0.05) is 11.6 Å². The van der Waals surface area contributed by atoms with Crippen LogP contribution in [0.4, 0.5) is 0 Å². The number of phenolic OH excluding ortho intramolecular Hbond substituents is 1. The van der Waals surface area contributed by atoms with Gasteiger partial charge in [-0.25, -0.2) is 4.79 Å². The van der Waals surface area contributed by atoms with Gasteiger partial charge in [-0.05, 0) is 53.0 Å².